The van der Waals surface area contributed by atoms with Crippen LogP contribution in [0, 0.1) is 6.92 Å². The fourth-order valence-electron chi connectivity index (χ4n) is 2.81. The van der Waals surface area contributed by atoms with Crippen LogP contribution in [0.25, 0.3) is 5.69 Å². The largest absolute Gasteiger partial charge is 0.434 e. The molecular weight excluding hydrogens is 503 g/mol. The molecular formula is C21H24F2IN5O. The first kappa shape index (κ1) is 23.6. The molecule has 0 amide bonds. The molecule has 2 aromatic carbocycles. The van der Waals surface area contributed by atoms with Crippen LogP contribution in [-0.4, -0.2) is 29.4 Å². The lowest BCUT2D eigenvalue weighted by Crippen LogP contribution is -2.36. The number of ether oxygens (including phenoxy) is 1. The Morgan fingerprint density at radius 2 is 1.83 bits per heavy atom. The molecule has 1 heterocycles. The molecule has 6 nitrogen and oxygen atoms in total. The molecule has 160 valence electrons. The molecule has 0 radical (unpaired) electrons. The lowest BCUT2D eigenvalue weighted by molar-refractivity contribution is -0.0504. The number of aryl methyl sites for hydroxylation is 1. The van der Waals surface area contributed by atoms with Crippen molar-refractivity contribution in [2.24, 2.45) is 4.99 Å². The zero-order valence-corrected chi connectivity index (χ0v) is 19.0. The molecule has 0 aliphatic carbocycles. The van der Waals surface area contributed by atoms with Crippen molar-refractivity contribution < 1.29 is 13.5 Å². The van der Waals surface area contributed by atoms with Gasteiger partial charge < -0.3 is 15.4 Å². The second kappa shape index (κ2) is 11.5. The Labute approximate surface area is 191 Å². The van der Waals surface area contributed by atoms with E-state index in [0.29, 0.717) is 24.6 Å². The van der Waals surface area contributed by atoms with Crippen LogP contribution in [0.3, 0.4) is 0 Å². The monoisotopic (exact) mass is 527 g/mol. The van der Waals surface area contributed by atoms with E-state index >= 15 is 0 Å². The number of nitrogens with one attached hydrogen (secondary N) is 2. The molecule has 9 heteroatoms. The van der Waals surface area contributed by atoms with E-state index in [-0.39, 0.29) is 29.7 Å². The molecule has 3 aromatic rings. The minimum Gasteiger partial charge on any atom is -0.434 e. The summed E-state index contributed by atoms with van der Waals surface area (Å²) >= 11 is 0. The number of hydrogen-bond donors (Lipinski definition) is 2. The van der Waals surface area contributed by atoms with Crippen molar-refractivity contribution >= 4 is 29.9 Å². The van der Waals surface area contributed by atoms with Crippen LogP contribution in [-0.2, 0) is 13.1 Å². The maximum Gasteiger partial charge on any atom is 0.387 e. The summed E-state index contributed by atoms with van der Waals surface area (Å²) in [6.07, 6.45) is 1.89. The summed E-state index contributed by atoms with van der Waals surface area (Å²) in [6.45, 7) is -0.213. The fraction of sp³-hybridized carbons (Fsp3) is 0.238. The van der Waals surface area contributed by atoms with Crippen molar-refractivity contribution in [3.63, 3.8) is 0 Å². The van der Waals surface area contributed by atoms with E-state index in [0.717, 1.165) is 16.9 Å². The van der Waals surface area contributed by atoms with E-state index in [2.05, 4.69) is 25.5 Å². The van der Waals surface area contributed by atoms with Crippen LogP contribution in [0.4, 0.5) is 8.78 Å². The van der Waals surface area contributed by atoms with Gasteiger partial charge in [0.1, 0.15) is 5.75 Å². The van der Waals surface area contributed by atoms with E-state index < -0.39 is 6.61 Å². The Kier molecular flexibility index (Phi) is 9.03. The molecule has 0 saturated carbocycles. The molecule has 1 aromatic heterocycles. The second-order valence-electron chi connectivity index (χ2n) is 6.36. The first-order valence-electron chi connectivity index (χ1n) is 9.14. The van der Waals surface area contributed by atoms with Crippen LogP contribution < -0.4 is 15.4 Å². The first-order valence-corrected chi connectivity index (χ1v) is 9.14. The lowest BCUT2D eigenvalue weighted by Gasteiger charge is -2.15. The molecule has 0 aliphatic heterocycles. The van der Waals surface area contributed by atoms with E-state index in [4.69, 9.17) is 0 Å². The number of alkyl halides is 2. The summed E-state index contributed by atoms with van der Waals surface area (Å²) in [4.78, 5) is 4.17. The van der Waals surface area contributed by atoms with Crippen LogP contribution in [0.15, 0.2) is 65.8 Å². The number of halogens is 3. The number of guanidine groups is 1. The highest BCUT2D eigenvalue weighted by molar-refractivity contribution is 14.0. The molecule has 0 atom stereocenters. The van der Waals surface area contributed by atoms with Crippen molar-refractivity contribution in [1.82, 2.24) is 20.4 Å². The fourth-order valence-corrected chi connectivity index (χ4v) is 2.81. The van der Waals surface area contributed by atoms with Gasteiger partial charge in [0.15, 0.2) is 5.96 Å². The van der Waals surface area contributed by atoms with Gasteiger partial charge in [-0.25, -0.2) is 4.68 Å². The van der Waals surface area contributed by atoms with E-state index in [9.17, 15) is 8.78 Å². The summed E-state index contributed by atoms with van der Waals surface area (Å²) < 4.78 is 31.6. The average molecular weight is 527 g/mol. The van der Waals surface area contributed by atoms with Gasteiger partial charge in [-0.05, 0) is 31.2 Å². The quantitative estimate of drug-likeness (QED) is 0.274. The Morgan fingerprint density at radius 3 is 2.53 bits per heavy atom. The van der Waals surface area contributed by atoms with Gasteiger partial charge in [0.2, 0.25) is 0 Å². The van der Waals surface area contributed by atoms with Crippen LogP contribution in [0.5, 0.6) is 5.75 Å². The minimum absolute atomic E-state index is 0. The van der Waals surface area contributed by atoms with Gasteiger partial charge in [0.25, 0.3) is 0 Å². The summed E-state index contributed by atoms with van der Waals surface area (Å²) in [6, 6.07) is 16.8. The summed E-state index contributed by atoms with van der Waals surface area (Å²) in [5.41, 5.74) is 3.40. The molecule has 2 N–H and O–H groups in total. The van der Waals surface area contributed by atoms with E-state index in [1.807, 2.05) is 49.5 Å². The molecule has 0 spiro atoms. The predicted molar refractivity (Wildman–Crippen MR) is 124 cm³/mol. The molecule has 0 unspecified atom stereocenters. The van der Waals surface area contributed by atoms with Crippen molar-refractivity contribution in [2.75, 3.05) is 7.05 Å². The van der Waals surface area contributed by atoms with Crippen LogP contribution in [0.2, 0.25) is 0 Å². The van der Waals surface area contributed by atoms with Gasteiger partial charge in [0, 0.05) is 25.4 Å². The molecule has 30 heavy (non-hydrogen) atoms. The van der Waals surface area contributed by atoms with Crippen LogP contribution >= 0.6 is 24.0 Å². The third-order valence-corrected chi connectivity index (χ3v) is 4.20. The number of benzene rings is 2. The van der Waals surface area contributed by atoms with Crippen molar-refractivity contribution in [1.29, 1.82) is 0 Å². The second-order valence-corrected chi connectivity index (χ2v) is 6.36. The van der Waals surface area contributed by atoms with Crippen LogP contribution in [0.1, 0.15) is 16.8 Å². The Balaban J connectivity index is 0.00000320. The Bertz CT molecular complexity index is 963. The Morgan fingerprint density at radius 1 is 1.10 bits per heavy atom. The average Bonchev–Trinajstić information content (AvgIpc) is 3.19. The molecule has 0 aliphatic rings. The highest BCUT2D eigenvalue weighted by Crippen LogP contribution is 2.22. The predicted octanol–water partition coefficient (Wildman–Crippen LogP) is 4.27. The van der Waals surface area contributed by atoms with Gasteiger partial charge in [-0.3, -0.25) is 4.99 Å². The van der Waals surface area contributed by atoms with Crippen molar-refractivity contribution in [3.05, 3.63) is 77.6 Å². The molecule has 3 rings (SSSR count). The number of hydrogen-bond acceptors (Lipinski definition) is 3. The number of aromatic nitrogens is 2. The summed E-state index contributed by atoms with van der Waals surface area (Å²) in [7, 11) is 1.64. The third-order valence-electron chi connectivity index (χ3n) is 4.20. The molecule has 0 bridgehead atoms. The third kappa shape index (κ3) is 6.68. The van der Waals surface area contributed by atoms with E-state index in [1.165, 1.54) is 0 Å². The maximum atomic E-state index is 12.6. The van der Waals surface area contributed by atoms with Gasteiger partial charge in [-0.15, -0.1) is 24.0 Å². The summed E-state index contributed by atoms with van der Waals surface area (Å²) in [5, 5.41) is 10.8. The highest BCUT2D eigenvalue weighted by atomic mass is 127. The molecule has 0 fully saturated rings. The zero-order valence-electron chi connectivity index (χ0n) is 16.7. The summed E-state index contributed by atoms with van der Waals surface area (Å²) in [5.74, 6) is 0.680. The number of nitrogens with zero attached hydrogens (tertiary/aromatic N) is 3. The standard InChI is InChI=1S/C21H23F2N5O.HI/c1-15-8-9-19(29-20(22)23)16(12-15)13-25-21(24-2)26-14-17-10-11-28(27-17)18-6-4-3-5-7-18;/h3-12,20H,13-14H2,1-2H3,(H2,24,25,26);1H. The SMILES string of the molecule is CN=C(NCc1ccn(-c2ccccc2)n1)NCc1cc(C)ccc1OC(F)F.I. The highest BCUT2D eigenvalue weighted by Gasteiger charge is 2.11. The zero-order chi connectivity index (χ0) is 20.6. The van der Waals surface area contributed by atoms with E-state index in [1.54, 1.807) is 29.9 Å². The number of aliphatic imine (C=N–C) groups is 1. The van der Waals surface area contributed by atoms with Gasteiger partial charge in [0.05, 0.1) is 17.9 Å². The normalized spacial score (nSPS) is 11.2. The number of rotatable bonds is 7. The Hall–Kier alpha value is -2.69. The van der Waals surface area contributed by atoms with Gasteiger partial charge >= 0.3 is 6.61 Å². The minimum atomic E-state index is -2.87. The smallest absolute Gasteiger partial charge is 0.387 e. The topological polar surface area (TPSA) is 63.5 Å². The number of para-hydroxylation sites is 1. The first-order chi connectivity index (χ1) is 14.0. The van der Waals surface area contributed by atoms with Crippen molar-refractivity contribution in [2.45, 2.75) is 26.6 Å². The molecule has 0 saturated heterocycles. The van der Waals surface area contributed by atoms with Crippen molar-refractivity contribution in [3.8, 4) is 11.4 Å². The van der Waals surface area contributed by atoms with Gasteiger partial charge in [-0.1, -0.05) is 35.9 Å². The maximum absolute atomic E-state index is 12.6. The lowest BCUT2D eigenvalue weighted by atomic mass is 10.1. The van der Waals surface area contributed by atoms with Gasteiger partial charge in [-0.2, -0.15) is 13.9 Å².